The number of rotatable bonds is 6. The van der Waals surface area contributed by atoms with Gasteiger partial charge in [0.25, 0.3) is 0 Å². The molecule has 0 radical (unpaired) electrons. The maximum Gasteiger partial charge on any atom is 0.239 e. The Bertz CT molecular complexity index is 819. The quantitative estimate of drug-likeness (QED) is 0.773. The lowest BCUT2D eigenvalue weighted by Crippen LogP contribution is -2.53. The van der Waals surface area contributed by atoms with E-state index in [1.54, 1.807) is 17.0 Å². The SMILES string of the molecule is CCN(CC(=O)NC1CCS(=O)(=O)C1)C(=O)C1(c2ccc(Cl)cc2)CCC1. The van der Waals surface area contributed by atoms with Crippen LogP contribution < -0.4 is 5.32 Å². The van der Waals surface area contributed by atoms with Crippen molar-refractivity contribution in [3.05, 3.63) is 34.9 Å². The van der Waals surface area contributed by atoms with Crippen LogP contribution in [0.2, 0.25) is 5.02 Å². The molecule has 2 fully saturated rings. The molecule has 6 nitrogen and oxygen atoms in total. The van der Waals surface area contributed by atoms with Crippen LogP contribution in [0, 0.1) is 0 Å². The predicted octanol–water partition coefficient (Wildman–Crippen LogP) is 1.91. The number of halogens is 1. The molecule has 1 unspecified atom stereocenters. The Labute approximate surface area is 165 Å². The Morgan fingerprint density at radius 1 is 1.26 bits per heavy atom. The molecule has 2 amide bonds. The summed E-state index contributed by atoms with van der Waals surface area (Å²) >= 11 is 5.97. The second-order valence-electron chi connectivity index (χ2n) is 7.43. The third-order valence-electron chi connectivity index (χ3n) is 5.61. The molecule has 0 aromatic heterocycles. The maximum absolute atomic E-state index is 13.3. The molecule has 0 bridgehead atoms. The highest BCUT2D eigenvalue weighted by Crippen LogP contribution is 2.45. The van der Waals surface area contributed by atoms with E-state index in [9.17, 15) is 18.0 Å². The van der Waals surface area contributed by atoms with Gasteiger partial charge in [0, 0.05) is 17.6 Å². The van der Waals surface area contributed by atoms with Crippen molar-refractivity contribution < 1.29 is 18.0 Å². The van der Waals surface area contributed by atoms with Crippen molar-refractivity contribution in [3.63, 3.8) is 0 Å². The number of sulfone groups is 1. The summed E-state index contributed by atoms with van der Waals surface area (Å²) in [7, 11) is -3.06. The Kier molecular flexibility index (Phi) is 5.82. The molecular weight excluding hydrogens is 388 g/mol. The molecule has 1 N–H and O–H groups in total. The molecule has 1 aliphatic heterocycles. The first kappa shape index (κ1) is 20.1. The maximum atomic E-state index is 13.3. The zero-order valence-corrected chi connectivity index (χ0v) is 17.0. The van der Waals surface area contributed by atoms with Gasteiger partial charge in [0.05, 0.1) is 23.5 Å². The van der Waals surface area contributed by atoms with E-state index in [0.717, 1.165) is 24.8 Å². The molecule has 1 aromatic rings. The van der Waals surface area contributed by atoms with E-state index in [2.05, 4.69) is 5.32 Å². The van der Waals surface area contributed by atoms with Crippen molar-refractivity contribution in [3.8, 4) is 0 Å². The van der Waals surface area contributed by atoms with Crippen LogP contribution in [0.25, 0.3) is 0 Å². The second-order valence-corrected chi connectivity index (χ2v) is 10.1. The molecule has 148 valence electrons. The second kappa shape index (κ2) is 7.80. The fourth-order valence-corrected chi connectivity index (χ4v) is 5.71. The molecular formula is C19H25ClN2O4S. The first-order chi connectivity index (χ1) is 12.8. The summed E-state index contributed by atoms with van der Waals surface area (Å²) in [5.74, 6) is -0.271. The number of hydrogen-bond acceptors (Lipinski definition) is 4. The van der Waals surface area contributed by atoms with Crippen molar-refractivity contribution >= 4 is 33.3 Å². The third kappa shape index (κ3) is 4.29. The number of amides is 2. The van der Waals surface area contributed by atoms with E-state index in [0.29, 0.717) is 18.0 Å². The Morgan fingerprint density at radius 3 is 2.41 bits per heavy atom. The van der Waals surface area contributed by atoms with Gasteiger partial charge in [0.15, 0.2) is 9.84 Å². The fraction of sp³-hybridized carbons (Fsp3) is 0.579. The molecule has 27 heavy (non-hydrogen) atoms. The largest absolute Gasteiger partial charge is 0.351 e. The number of benzene rings is 1. The zero-order chi connectivity index (χ0) is 19.7. The van der Waals surface area contributed by atoms with Crippen molar-refractivity contribution in [2.45, 2.75) is 44.1 Å². The first-order valence-electron chi connectivity index (χ1n) is 9.31. The van der Waals surface area contributed by atoms with Gasteiger partial charge in [-0.25, -0.2) is 8.42 Å². The number of nitrogens with zero attached hydrogens (tertiary/aromatic N) is 1. The molecule has 1 saturated heterocycles. The number of hydrogen-bond donors (Lipinski definition) is 1. The van der Waals surface area contributed by atoms with E-state index >= 15 is 0 Å². The number of carbonyl (C=O) groups is 2. The first-order valence-corrected chi connectivity index (χ1v) is 11.5. The van der Waals surface area contributed by atoms with Crippen LogP contribution >= 0.6 is 11.6 Å². The summed E-state index contributed by atoms with van der Waals surface area (Å²) in [5.41, 5.74) is 0.348. The normalized spacial score (nSPS) is 22.7. The van der Waals surface area contributed by atoms with Gasteiger partial charge in [0.1, 0.15) is 0 Å². The standard InChI is InChI=1S/C19H25ClN2O4S/c1-2-22(12-17(23)21-16-8-11-27(25,26)13-16)18(24)19(9-3-10-19)14-4-6-15(20)7-5-14/h4-7,16H,2-3,8-13H2,1H3,(H,21,23). The average molecular weight is 413 g/mol. The summed E-state index contributed by atoms with van der Waals surface area (Å²) in [6, 6.07) is 6.99. The van der Waals surface area contributed by atoms with E-state index in [1.165, 1.54) is 0 Å². The molecule has 0 spiro atoms. The minimum absolute atomic E-state index is 0.0203. The molecule has 1 heterocycles. The monoisotopic (exact) mass is 412 g/mol. The van der Waals surface area contributed by atoms with Crippen molar-refractivity contribution in [2.24, 2.45) is 0 Å². The van der Waals surface area contributed by atoms with Crippen LogP contribution in [-0.4, -0.2) is 55.8 Å². The van der Waals surface area contributed by atoms with Gasteiger partial charge in [0.2, 0.25) is 11.8 Å². The lowest BCUT2D eigenvalue weighted by atomic mass is 9.63. The van der Waals surface area contributed by atoms with Gasteiger partial charge in [-0.1, -0.05) is 30.2 Å². The van der Waals surface area contributed by atoms with Gasteiger partial charge in [-0.15, -0.1) is 0 Å². The van der Waals surface area contributed by atoms with Crippen molar-refractivity contribution in [1.82, 2.24) is 10.2 Å². The van der Waals surface area contributed by atoms with E-state index < -0.39 is 15.3 Å². The summed E-state index contributed by atoms with van der Waals surface area (Å²) < 4.78 is 23.1. The molecule has 2 aliphatic rings. The van der Waals surface area contributed by atoms with Crippen LogP contribution in [-0.2, 0) is 24.8 Å². The topological polar surface area (TPSA) is 83.6 Å². The molecule has 1 atom stereocenters. The van der Waals surface area contributed by atoms with Gasteiger partial charge in [-0.3, -0.25) is 9.59 Å². The summed E-state index contributed by atoms with van der Waals surface area (Å²) in [4.78, 5) is 27.2. The van der Waals surface area contributed by atoms with Crippen molar-refractivity contribution in [2.75, 3.05) is 24.6 Å². The van der Waals surface area contributed by atoms with Crippen LogP contribution in [0.1, 0.15) is 38.2 Å². The lowest BCUT2D eigenvalue weighted by molar-refractivity contribution is -0.143. The third-order valence-corrected chi connectivity index (χ3v) is 7.63. The Balaban J connectivity index is 1.68. The number of nitrogens with one attached hydrogen (secondary N) is 1. The van der Waals surface area contributed by atoms with Crippen LogP contribution in [0.4, 0.5) is 0 Å². The van der Waals surface area contributed by atoms with Crippen LogP contribution in [0.15, 0.2) is 24.3 Å². The minimum Gasteiger partial charge on any atom is -0.351 e. The minimum atomic E-state index is -3.06. The van der Waals surface area contributed by atoms with Crippen LogP contribution in [0.3, 0.4) is 0 Å². The predicted molar refractivity (Wildman–Crippen MR) is 104 cm³/mol. The smallest absolute Gasteiger partial charge is 0.239 e. The van der Waals surface area contributed by atoms with Gasteiger partial charge in [-0.2, -0.15) is 0 Å². The molecule has 3 rings (SSSR count). The molecule has 1 aliphatic carbocycles. The number of likely N-dealkylation sites (N-methyl/N-ethyl adjacent to an activating group) is 1. The highest BCUT2D eigenvalue weighted by atomic mass is 35.5. The van der Waals surface area contributed by atoms with Crippen molar-refractivity contribution in [1.29, 1.82) is 0 Å². The Hall–Kier alpha value is -1.60. The van der Waals surface area contributed by atoms with Gasteiger partial charge in [-0.05, 0) is 43.9 Å². The molecule has 1 saturated carbocycles. The average Bonchev–Trinajstić information content (AvgIpc) is 2.91. The van der Waals surface area contributed by atoms with E-state index in [-0.39, 0.29) is 35.9 Å². The fourth-order valence-electron chi connectivity index (χ4n) is 3.91. The highest BCUT2D eigenvalue weighted by molar-refractivity contribution is 7.91. The van der Waals surface area contributed by atoms with Gasteiger partial charge >= 0.3 is 0 Å². The van der Waals surface area contributed by atoms with E-state index in [4.69, 9.17) is 11.6 Å². The number of carbonyl (C=O) groups excluding carboxylic acids is 2. The summed E-state index contributed by atoms with van der Waals surface area (Å²) in [6.45, 7) is 2.21. The highest BCUT2D eigenvalue weighted by Gasteiger charge is 2.47. The van der Waals surface area contributed by atoms with Gasteiger partial charge < -0.3 is 10.2 Å². The summed E-state index contributed by atoms with van der Waals surface area (Å²) in [6.07, 6.45) is 2.92. The van der Waals surface area contributed by atoms with E-state index in [1.807, 2.05) is 19.1 Å². The Morgan fingerprint density at radius 2 is 1.93 bits per heavy atom. The lowest BCUT2D eigenvalue weighted by Gasteiger charge is -2.43. The molecule has 8 heteroatoms. The summed E-state index contributed by atoms with van der Waals surface area (Å²) in [5, 5.41) is 3.38. The zero-order valence-electron chi connectivity index (χ0n) is 15.4. The molecule has 1 aromatic carbocycles. The van der Waals surface area contributed by atoms with Crippen LogP contribution in [0.5, 0.6) is 0 Å².